The molecule has 2 saturated carbocycles. The minimum Gasteiger partial charge on any atom is -0.299 e. The van der Waals surface area contributed by atoms with Crippen LogP contribution in [0, 0.1) is 22.6 Å². The SMILES string of the molecule is CC1(C)C2CCC1(CS(=O)(=O)NCc1cccc(F)c1)C(=O)C2. The van der Waals surface area contributed by atoms with Gasteiger partial charge < -0.3 is 0 Å². The lowest BCUT2D eigenvalue weighted by Gasteiger charge is -2.36. The summed E-state index contributed by atoms with van der Waals surface area (Å²) in [5.74, 6) is -0.202. The van der Waals surface area contributed by atoms with Crippen molar-refractivity contribution in [3.05, 3.63) is 35.6 Å². The van der Waals surface area contributed by atoms with E-state index in [4.69, 9.17) is 0 Å². The molecule has 0 heterocycles. The van der Waals surface area contributed by atoms with E-state index in [1.54, 1.807) is 12.1 Å². The molecule has 3 rings (SSSR count). The molecule has 0 spiro atoms. The highest BCUT2D eigenvalue weighted by Crippen LogP contribution is 2.64. The molecule has 1 aromatic rings. The Morgan fingerprint density at radius 2 is 2.09 bits per heavy atom. The van der Waals surface area contributed by atoms with Crippen LogP contribution >= 0.6 is 0 Å². The van der Waals surface area contributed by atoms with Crippen LogP contribution in [0.15, 0.2) is 24.3 Å². The number of rotatable bonds is 5. The van der Waals surface area contributed by atoms with Crippen molar-refractivity contribution in [3.63, 3.8) is 0 Å². The number of carbonyl (C=O) groups is 1. The molecule has 1 aromatic carbocycles. The van der Waals surface area contributed by atoms with Crippen LogP contribution in [-0.4, -0.2) is 20.0 Å². The Bertz CT molecular complexity index is 744. The Morgan fingerprint density at radius 3 is 2.65 bits per heavy atom. The van der Waals surface area contributed by atoms with Crippen molar-refractivity contribution in [2.24, 2.45) is 16.7 Å². The zero-order valence-corrected chi connectivity index (χ0v) is 14.2. The fraction of sp³-hybridized carbons (Fsp3) is 0.588. The van der Waals surface area contributed by atoms with E-state index in [9.17, 15) is 17.6 Å². The number of ketones is 1. The maximum absolute atomic E-state index is 13.2. The zero-order valence-electron chi connectivity index (χ0n) is 13.4. The number of fused-ring (bicyclic) bond motifs is 2. The highest BCUT2D eigenvalue weighted by atomic mass is 32.2. The number of hydrogen-bond donors (Lipinski definition) is 1. The molecule has 2 aliphatic carbocycles. The second-order valence-corrected chi connectivity index (χ2v) is 9.18. The number of benzene rings is 1. The Morgan fingerprint density at radius 1 is 1.35 bits per heavy atom. The van der Waals surface area contributed by atoms with Crippen LogP contribution in [0.4, 0.5) is 4.39 Å². The lowest BCUT2D eigenvalue weighted by Crippen LogP contribution is -2.45. The van der Waals surface area contributed by atoms with Crippen LogP contribution in [0.25, 0.3) is 0 Å². The molecule has 2 atom stereocenters. The maximum atomic E-state index is 13.2. The molecule has 0 radical (unpaired) electrons. The molecule has 0 aliphatic heterocycles. The van der Waals surface area contributed by atoms with E-state index in [0.29, 0.717) is 18.4 Å². The maximum Gasteiger partial charge on any atom is 0.212 e. The van der Waals surface area contributed by atoms with Crippen LogP contribution < -0.4 is 4.72 Å². The van der Waals surface area contributed by atoms with Gasteiger partial charge in [-0.3, -0.25) is 4.79 Å². The van der Waals surface area contributed by atoms with Crippen molar-refractivity contribution in [1.82, 2.24) is 4.72 Å². The second kappa shape index (κ2) is 5.38. The first-order chi connectivity index (χ1) is 10.7. The first-order valence-corrected chi connectivity index (χ1v) is 9.57. The summed E-state index contributed by atoms with van der Waals surface area (Å²) in [5, 5.41) is 0. The minimum atomic E-state index is -3.62. The van der Waals surface area contributed by atoms with Crippen LogP contribution in [0.1, 0.15) is 38.7 Å². The first kappa shape index (κ1) is 16.6. The number of halogens is 1. The summed E-state index contributed by atoms with van der Waals surface area (Å²) < 4.78 is 40.7. The monoisotopic (exact) mass is 339 g/mol. The van der Waals surface area contributed by atoms with E-state index in [1.807, 2.05) is 13.8 Å². The highest BCUT2D eigenvalue weighted by Gasteiger charge is 2.65. The van der Waals surface area contributed by atoms with Gasteiger partial charge in [-0.05, 0) is 41.9 Å². The average Bonchev–Trinajstić information content (AvgIpc) is 2.79. The van der Waals surface area contributed by atoms with Crippen molar-refractivity contribution in [1.29, 1.82) is 0 Å². The normalized spacial score (nSPS) is 29.2. The summed E-state index contributed by atoms with van der Waals surface area (Å²) in [6.07, 6.45) is 2.05. The zero-order chi connectivity index (χ0) is 16.9. The molecule has 2 aliphatic rings. The topological polar surface area (TPSA) is 63.2 Å². The number of Topliss-reactive ketones (excluding diaryl/α,β-unsaturated/α-hetero) is 1. The highest BCUT2D eigenvalue weighted by molar-refractivity contribution is 7.89. The lowest BCUT2D eigenvalue weighted by molar-refractivity contribution is -0.128. The van der Waals surface area contributed by atoms with Crippen molar-refractivity contribution in [2.75, 3.05) is 5.75 Å². The molecule has 0 amide bonds. The Hall–Kier alpha value is -1.27. The van der Waals surface area contributed by atoms with Gasteiger partial charge in [0.25, 0.3) is 0 Å². The second-order valence-electron chi connectivity index (χ2n) is 7.38. The Balaban J connectivity index is 1.75. The largest absolute Gasteiger partial charge is 0.299 e. The molecule has 2 fully saturated rings. The van der Waals surface area contributed by atoms with Crippen LogP contribution in [0.2, 0.25) is 0 Å². The molecule has 6 heteroatoms. The summed E-state index contributed by atoms with van der Waals surface area (Å²) in [7, 11) is -3.62. The van der Waals surface area contributed by atoms with Gasteiger partial charge in [0.1, 0.15) is 11.6 Å². The molecule has 2 bridgehead atoms. The van der Waals surface area contributed by atoms with E-state index in [-0.39, 0.29) is 29.4 Å². The average molecular weight is 339 g/mol. The van der Waals surface area contributed by atoms with Gasteiger partial charge in [-0.25, -0.2) is 17.5 Å². The summed E-state index contributed by atoms with van der Waals surface area (Å²) >= 11 is 0. The minimum absolute atomic E-state index is 0.0359. The standard InChI is InChI=1S/C17H22FNO3S/c1-16(2)13-6-7-17(16,15(20)9-13)11-23(21,22)19-10-12-4-3-5-14(18)8-12/h3-5,8,13,19H,6-7,9-11H2,1-2H3. The van der Waals surface area contributed by atoms with Gasteiger partial charge in [0, 0.05) is 18.4 Å². The fourth-order valence-electron chi connectivity index (χ4n) is 4.32. The van der Waals surface area contributed by atoms with Gasteiger partial charge in [0.15, 0.2) is 0 Å². The van der Waals surface area contributed by atoms with Crippen LogP contribution in [0.3, 0.4) is 0 Å². The molecule has 0 saturated heterocycles. The number of hydrogen-bond acceptors (Lipinski definition) is 3. The van der Waals surface area contributed by atoms with Crippen LogP contribution in [0.5, 0.6) is 0 Å². The molecule has 1 N–H and O–H groups in total. The van der Waals surface area contributed by atoms with Gasteiger partial charge in [-0.1, -0.05) is 26.0 Å². The van der Waals surface area contributed by atoms with Gasteiger partial charge in [0.05, 0.1) is 5.75 Å². The number of carbonyl (C=O) groups excluding carboxylic acids is 1. The van der Waals surface area contributed by atoms with Gasteiger partial charge in [-0.2, -0.15) is 0 Å². The molecule has 23 heavy (non-hydrogen) atoms. The number of sulfonamides is 1. The van der Waals surface area contributed by atoms with E-state index in [1.165, 1.54) is 12.1 Å². The van der Waals surface area contributed by atoms with Gasteiger partial charge in [-0.15, -0.1) is 0 Å². The van der Waals surface area contributed by atoms with Crippen molar-refractivity contribution in [2.45, 2.75) is 39.7 Å². The summed E-state index contributed by atoms with van der Waals surface area (Å²) in [6.45, 7) is 4.06. The summed E-state index contributed by atoms with van der Waals surface area (Å²) in [5.41, 5.74) is -0.490. The smallest absolute Gasteiger partial charge is 0.212 e. The van der Waals surface area contributed by atoms with Gasteiger partial charge >= 0.3 is 0 Å². The van der Waals surface area contributed by atoms with Crippen molar-refractivity contribution >= 4 is 15.8 Å². The first-order valence-electron chi connectivity index (χ1n) is 7.91. The predicted octanol–water partition coefficient (Wildman–Crippen LogP) is 2.64. The summed E-state index contributed by atoms with van der Waals surface area (Å²) in [4.78, 5) is 12.4. The van der Waals surface area contributed by atoms with Crippen molar-refractivity contribution < 1.29 is 17.6 Å². The molecule has 4 nitrogen and oxygen atoms in total. The molecular weight excluding hydrogens is 317 g/mol. The quantitative estimate of drug-likeness (QED) is 0.897. The third-order valence-electron chi connectivity index (χ3n) is 5.96. The third-order valence-corrected chi connectivity index (χ3v) is 7.42. The fourth-order valence-corrected chi connectivity index (χ4v) is 6.14. The molecule has 2 unspecified atom stereocenters. The van der Waals surface area contributed by atoms with Gasteiger partial charge in [0.2, 0.25) is 10.0 Å². The predicted molar refractivity (Wildman–Crippen MR) is 85.6 cm³/mol. The van der Waals surface area contributed by atoms with E-state index in [0.717, 1.165) is 6.42 Å². The van der Waals surface area contributed by atoms with E-state index < -0.39 is 21.3 Å². The van der Waals surface area contributed by atoms with Crippen molar-refractivity contribution in [3.8, 4) is 0 Å². The van der Waals surface area contributed by atoms with E-state index >= 15 is 0 Å². The number of nitrogens with one attached hydrogen (secondary N) is 1. The Labute approximate surface area is 136 Å². The lowest BCUT2D eigenvalue weighted by atomic mass is 9.70. The summed E-state index contributed by atoms with van der Waals surface area (Å²) in [6, 6.07) is 5.83. The third kappa shape index (κ3) is 2.72. The van der Waals surface area contributed by atoms with E-state index in [2.05, 4.69) is 4.72 Å². The van der Waals surface area contributed by atoms with Crippen LogP contribution in [-0.2, 0) is 21.4 Å². The molecule has 0 aromatic heterocycles. The molecular formula is C17H22FNO3S. The molecule has 126 valence electrons. The Kier molecular flexibility index (Phi) is 3.88.